The van der Waals surface area contributed by atoms with E-state index in [2.05, 4.69) is 11.4 Å². The van der Waals surface area contributed by atoms with Gasteiger partial charge in [-0.15, -0.1) is 0 Å². The lowest BCUT2D eigenvalue weighted by Gasteiger charge is -2.56. The molecule has 4 heteroatoms. The topological polar surface area (TPSA) is 56.1 Å². The van der Waals surface area contributed by atoms with Crippen molar-refractivity contribution in [3.05, 3.63) is 11.8 Å². The van der Waals surface area contributed by atoms with E-state index in [0.717, 1.165) is 29.2 Å². The highest BCUT2D eigenvalue weighted by Crippen LogP contribution is 2.58. The Balaban J connectivity index is 1.65. The van der Waals surface area contributed by atoms with Gasteiger partial charge in [-0.2, -0.15) is 5.26 Å². The first-order chi connectivity index (χ1) is 9.65. The number of urea groups is 1. The van der Waals surface area contributed by atoms with Gasteiger partial charge < -0.3 is 10.2 Å². The molecule has 5 rings (SSSR count). The Labute approximate surface area is 119 Å². The van der Waals surface area contributed by atoms with Crippen LogP contribution in [0.4, 0.5) is 4.79 Å². The van der Waals surface area contributed by atoms with Crippen molar-refractivity contribution in [2.45, 2.75) is 38.1 Å². The highest BCUT2D eigenvalue weighted by Gasteiger charge is 2.52. The SMILES string of the molecule is CN1C=C(C#N)C(C2C3CC4CC(C3)CC2C4)NC1=O. The molecule has 0 aromatic heterocycles. The van der Waals surface area contributed by atoms with E-state index in [1.807, 2.05) is 0 Å². The average molecular weight is 271 g/mol. The number of rotatable bonds is 1. The molecule has 1 N–H and O–H groups in total. The zero-order valence-electron chi connectivity index (χ0n) is 11.9. The highest BCUT2D eigenvalue weighted by atomic mass is 16.2. The number of hydrogen-bond acceptors (Lipinski definition) is 2. The van der Waals surface area contributed by atoms with E-state index in [9.17, 15) is 10.1 Å². The Morgan fingerprint density at radius 1 is 1.20 bits per heavy atom. The van der Waals surface area contributed by atoms with Crippen molar-refractivity contribution in [2.24, 2.45) is 29.6 Å². The van der Waals surface area contributed by atoms with Crippen LogP contribution >= 0.6 is 0 Å². The summed E-state index contributed by atoms with van der Waals surface area (Å²) in [5.41, 5.74) is 0.740. The Morgan fingerprint density at radius 3 is 2.35 bits per heavy atom. The number of amides is 2. The lowest BCUT2D eigenvalue weighted by Crippen LogP contribution is -2.57. The lowest BCUT2D eigenvalue weighted by molar-refractivity contribution is -0.0457. The second-order valence-corrected chi connectivity index (χ2v) is 7.24. The van der Waals surface area contributed by atoms with Crippen LogP contribution in [0.5, 0.6) is 0 Å². The first-order valence-electron chi connectivity index (χ1n) is 7.81. The van der Waals surface area contributed by atoms with Crippen LogP contribution in [0.1, 0.15) is 32.1 Å². The smallest absolute Gasteiger partial charge is 0.321 e. The molecule has 4 bridgehead atoms. The van der Waals surface area contributed by atoms with Crippen LogP contribution in [0.3, 0.4) is 0 Å². The quantitative estimate of drug-likeness (QED) is 0.796. The van der Waals surface area contributed by atoms with E-state index in [1.165, 1.54) is 37.0 Å². The normalized spacial score (nSPS) is 45.9. The van der Waals surface area contributed by atoms with Gasteiger partial charge >= 0.3 is 6.03 Å². The van der Waals surface area contributed by atoms with Gasteiger partial charge in [0, 0.05) is 13.2 Å². The van der Waals surface area contributed by atoms with Crippen LogP contribution in [0, 0.1) is 40.9 Å². The fourth-order valence-corrected chi connectivity index (χ4v) is 5.57. The van der Waals surface area contributed by atoms with Gasteiger partial charge in [0.25, 0.3) is 0 Å². The van der Waals surface area contributed by atoms with Crippen molar-refractivity contribution in [3.8, 4) is 6.07 Å². The van der Waals surface area contributed by atoms with Gasteiger partial charge in [0.15, 0.2) is 0 Å². The molecule has 0 aromatic rings. The van der Waals surface area contributed by atoms with E-state index in [-0.39, 0.29) is 12.1 Å². The minimum atomic E-state index is -0.0668. The van der Waals surface area contributed by atoms with Crippen molar-refractivity contribution in [1.82, 2.24) is 10.2 Å². The molecule has 5 aliphatic rings. The summed E-state index contributed by atoms with van der Waals surface area (Å²) >= 11 is 0. The predicted octanol–water partition coefficient (Wildman–Crippen LogP) is 2.49. The molecule has 4 aliphatic carbocycles. The number of carbonyl (C=O) groups is 1. The summed E-state index contributed by atoms with van der Waals surface area (Å²) in [5.74, 6) is 3.77. The third-order valence-electron chi connectivity index (χ3n) is 6.08. The van der Waals surface area contributed by atoms with E-state index >= 15 is 0 Å². The fraction of sp³-hybridized carbons (Fsp3) is 0.750. The summed E-state index contributed by atoms with van der Waals surface area (Å²) in [6.07, 6.45) is 8.43. The zero-order valence-corrected chi connectivity index (χ0v) is 11.9. The van der Waals surface area contributed by atoms with E-state index in [1.54, 1.807) is 13.2 Å². The number of carbonyl (C=O) groups excluding carboxylic acids is 1. The minimum absolute atomic E-state index is 0.0429. The Bertz CT molecular complexity index is 490. The second-order valence-electron chi connectivity index (χ2n) is 7.24. The molecular weight excluding hydrogens is 250 g/mol. The largest absolute Gasteiger partial charge is 0.330 e. The highest BCUT2D eigenvalue weighted by molar-refractivity contribution is 5.78. The van der Waals surface area contributed by atoms with Gasteiger partial charge in [-0.1, -0.05) is 0 Å². The van der Waals surface area contributed by atoms with E-state index in [4.69, 9.17) is 0 Å². The molecule has 1 atom stereocenters. The third-order valence-corrected chi connectivity index (χ3v) is 6.08. The molecule has 4 saturated carbocycles. The molecule has 0 spiro atoms. The van der Waals surface area contributed by atoms with Gasteiger partial charge in [0.2, 0.25) is 0 Å². The summed E-state index contributed by atoms with van der Waals surface area (Å²) in [6, 6.07) is 2.21. The summed E-state index contributed by atoms with van der Waals surface area (Å²) in [6.45, 7) is 0. The molecule has 106 valence electrons. The fourth-order valence-electron chi connectivity index (χ4n) is 5.57. The van der Waals surface area contributed by atoms with Crippen LogP contribution in [0.15, 0.2) is 11.8 Å². The minimum Gasteiger partial charge on any atom is -0.330 e. The summed E-state index contributed by atoms with van der Waals surface area (Å²) in [4.78, 5) is 13.5. The van der Waals surface area contributed by atoms with Gasteiger partial charge in [-0.05, 0) is 61.7 Å². The average Bonchev–Trinajstić information content (AvgIpc) is 2.41. The van der Waals surface area contributed by atoms with Gasteiger partial charge in [0.05, 0.1) is 17.7 Å². The maximum atomic E-state index is 12.0. The lowest BCUT2D eigenvalue weighted by atomic mass is 9.50. The molecule has 4 fully saturated rings. The standard InChI is InChI=1S/C16H21N3O/c1-19-8-13(7-17)15(18-16(19)20)14-11-3-9-2-10(5-11)6-12(14)4-9/h8-12,14-15H,2-6H2,1H3,(H,18,20). The number of nitrogens with one attached hydrogen (secondary N) is 1. The van der Waals surface area contributed by atoms with Crippen molar-refractivity contribution in [2.75, 3.05) is 7.05 Å². The molecule has 1 aliphatic heterocycles. The maximum absolute atomic E-state index is 12.0. The van der Waals surface area contributed by atoms with Crippen molar-refractivity contribution < 1.29 is 4.79 Å². The second kappa shape index (κ2) is 4.25. The predicted molar refractivity (Wildman–Crippen MR) is 74.3 cm³/mol. The van der Waals surface area contributed by atoms with Gasteiger partial charge in [0.1, 0.15) is 0 Å². The first-order valence-corrected chi connectivity index (χ1v) is 7.81. The van der Waals surface area contributed by atoms with Crippen LogP contribution in [0.2, 0.25) is 0 Å². The van der Waals surface area contributed by atoms with E-state index < -0.39 is 0 Å². The molecule has 1 heterocycles. The van der Waals surface area contributed by atoms with Gasteiger partial charge in [-0.25, -0.2) is 4.79 Å². The van der Waals surface area contributed by atoms with Crippen LogP contribution < -0.4 is 5.32 Å². The monoisotopic (exact) mass is 271 g/mol. The van der Waals surface area contributed by atoms with Gasteiger partial charge in [-0.3, -0.25) is 0 Å². The molecule has 0 radical (unpaired) electrons. The summed E-state index contributed by atoms with van der Waals surface area (Å²) in [7, 11) is 1.71. The molecule has 0 saturated heterocycles. The Morgan fingerprint density at radius 2 is 1.80 bits per heavy atom. The van der Waals surface area contributed by atoms with E-state index in [0.29, 0.717) is 5.92 Å². The van der Waals surface area contributed by atoms with Crippen LogP contribution in [0.25, 0.3) is 0 Å². The first kappa shape index (κ1) is 12.3. The zero-order chi connectivity index (χ0) is 13.9. The maximum Gasteiger partial charge on any atom is 0.321 e. The van der Waals surface area contributed by atoms with Crippen molar-refractivity contribution in [3.63, 3.8) is 0 Å². The Hall–Kier alpha value is -1.50. The van der Waals surface area contributed by atoms with Crippen LogP contribution in [-0.2, 0) is 0 Å². The molecule has 20 heavy (non-hydrogen) atoms. The number of hydrogen-bond donors (Lipinski definition) is 1. The molecule has 1 unspecified atom stereocenters. The third kappa shape index (κ3) is 1.69. The molecule has 2 amide bonds. The summed E-state index contributed by atoms with van der Waals surface area (Å²) < 4.78 is 0. The van der Waals surface area contributed by atoms with Crippen molar-refractivity contribution >= 4 is 6.03 Å². The summed E-state index contributed by atoms with van der Waals surface area (Å²) in [5, 5.41) is 12.5. The molecule has 4 nitrogen and oxygen atoms in total. The van der Waals surface area contributed by atoms with Crippen molar-refractivity contribution in [1.29, 1.82) is 5.26 Å². The molecular formula is C16H21N3O. The molecule has 0 aromatic carbocycles. The number of nitriles is 1. The number of nitrogens with zero attached hydrogens (tertiary/aromatic N) is 2. The van der Waals surface area contributed by atoms with Crippen LogP contribution in [-0.4, -0.2) is 24.0 Å². The Kier molecular flexibility index (Phi) is 2.60.